The molecule has 358 valence electrons. The number of carboxylic acids is 1. The Morgan fingerprint density at radius 1 is 0.492 bits per heavy atom. The van der Waals surface area contributed by atoms with Crippen LogP contribution in [0.4, 0.5) is 0 Å². The van der Waals surface area contributed by atoms with Crippen molar-refractivity contribution in [2.75, 3.05) is 47.5 Å². The van der Waals surface area contributed by atoms with E-state index in [1.807, 2.05) is 21.1 Å². The second-order valence-electron chi connectivity index (χ2n) is 18.5. The van der Waals surface area contributed by atoms with Crippen molar-refractivity contribution >= 4 is 17.9 Å². The minimum Gasteiger partial charge on any atom is -0.477 e. The summed E-state index contributed by atoms with van der Waals surface area (Å²) in [7, 11) is 5.96. The molecule has 0 bridgehead atoms. The molecule has 0 aromatic carbocycles. The van der Waals surface area contributed by atoms with Gasteiger partial charge in [0.2, 0.25) is 0 Å². The van der Waals surface area contributed by atoms with E-state index < -0.39 is 24.3 Å². The van der Waals surface area contributed by atoms with Gasteiger partial charge >= 0.3 is 17.9 Å². The number of rotatable bonds is 47. The lowest BCUT2D eigenvalue weighted by Crippen LogP contribution is -2.40. The van der Waals surface area contributed by atoms with Gasteiger partial charge < -0.3 is 28.5 Å². The molecule has 0 amide bonds. The smallest absolute Gasteiger partial charge is 0.361 e. The summed E-state index contributed by atoms with van der Waals surface area (Å²) in [4.78, 5) is 37.0. The van der Waals surface area contributed by atoms with Crippen molar-refractivity contribution in [3.05, 3.63) is 24.3 Å². The predicted molar refractivity (Wildman–Crippen MR) is 254 cm³/mol. The van der Waals surface area contributed by atoms with Crippen molar-refractivity contribution in [2.24, 2.45) is 0 Å². The molecule has 0 aliphatic carbocycles. The standard InChI is InChI=1S/C52H97NO8/c1-6-8-10-12-14-15-16-17-18-19-20-21-22-23-24-25-26-27-28-29-30-31-32-33-34-35-37-39-41-43-50(55)61-48(46-59-49(54)42-40-38-36-13-11-9-7-2)47-60-52(51(56)57)58-45-44-53(3,4)5/h16-17,19-20,48,52H,6-15,18,21-47H2,1-5H3/p+1/b17-16-,20-19-. The Morgan fingerprint density at radius 2 is 0.885 bits per heavy atom. The third-order valence-electron chi connectivity index (χ3n) is 11.2. The molecule has 9 nitrogen and oxygen atoms in total. The molecule has 0 heterocycles. The van der Waals surface area contributed by atoms with Crippen molar-refractivity contribution < 1.29 is 42.9 Å². The highest BCUT2D eigenvalue weighted by Crippen LogP contribution is 2.16. The lowest BCUT2D eigenvalue weighted by molar-refractivity contribution is -0.870. The van der Waals surface area contributed by atoms with Crippen LogP contribution in [0.5, 0.6) is 0 Å². The molecule has 0 aliphatic rings. The number of ether oxygens (including phenoxy) is 4. The number of unbranched alkanes of at least 4 members (excludes halogenated alkanes) is 28. The number of hydrogen-bond donors (Lipinski definition) is 1. The largest absolute Gasteiger partial charge is 0.477 e. The summed E-state index contributed by atoms with van der Waals surface area (Å²) in [6, 6.07) is 0. The minimum absolute atomic E-state index is 0.178. The molecular weight excluding hydrogens is 767 g/mol. The van der Waals surface area contributed by atoms with Crippen LogP contribution in [-0.2, 0) is 33.3 Å². The molecule has 0 radical (unpaired) electrons. The SMILES string of the molecule is CCCCCCC/C=C\C/C=C\CCCCCCCCCCCCCCCCCCCC(=O)OC(COC(=O)CCCCCCCCC)COC(OCC[N+](C)(C)C)C(=O)O. The molecule has 2 unspecified atom stereocenters. The van der Waals surface area contributed by atoms with Gasteiger partial charge in [-0.2, -0.15) is 0 Å². The van der Waals surface area contributed by atoms with Crippen LogP contribution in [0, 0.1) is 0 Å². The average Bonchev–Trinajstić information content (AvgIpc) is 3.22. The summed E-state index contributed by atoms with van der Waals surface area (Å²) in [6.07, 6.45) is 47.1. The van der Waals surface area contributed by atoms with Gasteiger partial charge in [-0.15, -0.1) is 0 Å². The number of likely N-dealkylation sites (N-methyl/N-ethyl adjacent to an activating group) is 1. The summed E-state index contributed by atoms with van der Waals surface area (Å²) >= 11 is 0. The van der Waals surface area contributed by atoms with Crippen LogP contribution >= 0.6 is 0 Å². The van der Waals surface area contributed by atoms with Crippen molar-refractivity contribution in [3.8, 4) is 0 Å². The maximum atomic E-state index is 12.8. The van der Waals surface area contributed by atoms with E-state index in [9.17, 15) is 19.5 Å². The van der Waals surface area contributed by atoms with Gasteiger partial charge in [0.15, 0.2) is 6.10 Å². The molecule has 9 heteroatoms. The lowest BCUT2D eigenvalue weighted by Gasteiger charge is -2.25. The number of carboxylic acid groups (broad SMARTS) is 1. The molecule has 0 aromatic heterocycles. The fourth-order valence-corrected chi connectivity index (χ4v) is 7.22. The van der Waals surface area contributed by atoms with Crippen LogP contribution in [0.15, 0.2) is 24.3 Å². The second kappa shape index (κ2) is 44.4. The molecular formula is C52H98NO8+. The van der Waals surface area contributed by atoms with E-state index in [4.69, 9.17) is 18.9 Å². The number of allylic oxidation sites excluding steroid dienone is 4. The van der Waals surface area contributed by atoms with E-state index in [0.717, 1.165) is 44.9 Å². The molecule has 0 aromatic rings. The van der Waals surface area contributed by atoms with Crippen LogP contribution in [0.3, 0.4) is 0 Å². The molecule has 0 fully saturated rings. The number of carbonyl (C=O) groups excluding carboxylic acids is 2. The van der Waals surface area contributed by atoms with Gasteiger partial charge in [-0.1, -0.05) is 199 Å². The minimum atomic E-state index is -1.50. The van der Waals surface area contributed by atoms with Crippen molar-refractivity contribution in [1.29, 1.82) is 0 Å². The van der Waals surface area contributed by atoms with Crippen LogP contribution in [0.1, 0.15) is 232 Å². The Balaban J connectivity index is 4.04. The number of quaternary nitrogens is 1. The zero-order chi connectivity index (χ0) is 44.9. The fraction of sp³-hybridized carbons (Fsp3) is 0.865. The number of aliphatic carboxylic acids is 1. The van der Waals surface area contributed by atoms with Gasteiger partial charge in [-0.25, -0.2) is 4.79 Å². The maximum Gasteiger partial charge on any atom is 0.361 e. The van der Waals surface area contributed by atoms with Crippen molar-refractivity contribution in [1.82, 2.24) is 0 Å². The summed E-state index contributed by atoms with van der Waals surface area (Å²) < 4.78 is 22.7. The van der Waals surface area contributed by atoms with E-state index in [1.165, 1.54) is 161 Å². The molecule has 61 heavy (non-hydrogen) atoms. The van der Waals surface area contributed by atoms with E-state index in [0.29, 0.717) is 17.4 Å². The van der Waals surface area contributed by atoms with E-state index in [2.05, 4.69) is 38.2 Å². The molecule has 1 N–H and O–H groups in total. The van der Waals surface area contributed by atoms with Crippen LogP contribution in [0.25, 0.3) is 0 Å². The Kier molecular flexibility index (Phi) is 42.8. The second-order valence-corrected chi connectivity index (χ2v) is 18.5. The third-order valence-corrected chi connectivity index (χ3v) is 11.2. The first-order valence-electron chi connectivity index (χ1n) is 25.5. The predicted octanol–water partition coefficient (Wildman–Crippen LogP) is 14.0. The molecule has 0 aliphatic heterocycles. The number of nitrogens with zero attached hydrogens (tertiary/aromatic N) is 1. The maximum absolute atomic E-state index is 12.8. The summed E-state index contributed by atoms with van der Waals surface area (Å²) in [5.74, 6) is -2.00. The topological polar surface area (TPSA) is 108 Å². The Bertz CT molecular complexity index is 1050. The van der Waals surface area contributed by atoms with E-state index in [1.54, 1.807) is 0 Å². The first kappa shape index (κ1) is 58.8. The van der Waals surface area contributed by atoms with Gasteiger partial charge in [0.05, 0.1) is 34.4 Å². The Labute approximate surface area is 376 Å². The molecule has 2 atom stereocenters. The molecule has 0 rings (SSSR count). The molecule has 0 spiro atoms. The Hall–Kier alpha value is -2.23. The highest BCUT2D eigenvalue weighted by atomic mass is 16.7. The zero-order valence-corrected chi connectivity index (χ0v) is 40.6. The quantitative estimate of drug-likeness (QED) is 0.0212. The van der Waals surface area contributed by atoms with Gasteiger partial charge in [-0.05, 0) is 44.9 Å². The van der Waals surface area contributed by atoms with Gasteiger partial charge in [0.25, 0.3) is 6.29 Å². The van der Waals surface area contributed by atoms with Gasteiger partial charge in [0, 0.05) is 12.8 Å². The highest BCUT2D eigenvalue weighted by Gasteiger charge is 2.25. The normalized spacial score (nSPS) is 13.0. The van der Waals surface area contributed by atoms with E-state index in [-0.39, 0.29) is 32.2 Å². The number of hydrogen-bond acceptors (Lipinski definition) is 7. The lowest BCUT2D eigenvalue weighted by atomic mass is 10.0. The highest BCUT2D eigenvalue weighted by molar-refractivity contribution is 5.71. The van der Waals surface area contributed by atoms with Crippen LogP contribution < -0.4 is 0 Å². The van der Waals surface area contributed by atoms with Crippen LogP contribution in [-0.4, -0.2) is 87.4 Å². The van der Waals surface area contributed by atoms with Crippen molar-refractivity contribution in [2.45, 2.75) is 245 Å². The van der Waals surface area contributed by atoms with Crippen LogP contribution in [0.2, 0.25) is 0 Å². The van der Waals surface area contributed by atoms with E-state index >= 15 is 0 Å². The summed E-state index contributed by atoms with van der Waals surface area (Å²) in [5.41, 5.74) is 0. The summed E-state index contributed by atoms with van der Waals surface area (Å²) in [6.45, 7) is 4.83. The van der Waals surface area contributed by atoms with Gasteiger partial charge in [-0.3, -0.25) is 9.59 Å². The summed E-state index contributed by atoms with van der Waals surface area (Å²) in [5, 5.41) is 9.62. The number of carbonyl (C=O) groups is 3. The molecule has 0 saturated carbocycles. The average molecular weight is 865 g/mol. The fourth-order valence-electron chi connectivity index (χ4n) is 7.22. The molecule has 0 saturated heterocycles. The Morgan fingerprint density at radius 3 is 1.30 bits per heavy atom. The first-order chi connectivity index (χ1) is 29.6. The van der Waals surface area contributed by atoms with Crippen molar-refractivity contribution in [3.63, 3.8) is 0 Å². The number of esters is 2. The van der Waals surface area contributed by atoms with Gasteiger partial charge in [0.1, 0.15) is 13.2 Å². The monoisotopic (exact) mass is 865 g/mol. The third kappa shape index (κ3) is 45.6. The first-order valence-corrected chi connectivity index (χ1v) is 25.5. The zero-order valence-electron chi connectivity index (χ0n) is 40.6.